The molecule has 76 valence electrons. The molecule has 2 heteroatoms. The third-order valence-corrected chi connectivity index (χ3v) is 3.74. The van der Waals surface area contributed by atoms with Gasteiger partial charge in [0.2, 0.25) is 0 Å². The lowest BCUT2D eigenvalue weighted by Gasteiger charge is -2.19. The van der Waals surface area contributed by atoms with Crippen LogP contribution in [0.1, 0.15) is 32.6 Å². The van der Waals surface area contributed by atoms with Gasteiger partial charge in [-0.05, 0) is 24.7 Å². The van der Waals surface area contributed by atoms with Gasteiger partial charge in [-0.25, -0.2) is 0 Å². The van der Waals surface area contributed by atoms with Gasteiger partial charge in [0.25, 0.3) is 0 Å². The third-order valence-electron chi connectivity index (χ3n) is 3.74. The molecule has 1 aliphatic carbocycles. The molecule has 2 rings (SSSR count). The highest BCUT2D eigenvalue weighted by molar-refractivity contribution is 4.85. The fourth-order valence-corrected chi connectivity index (χ4v) is 2.80. The fraction of sp³-hybridized carbons (Fsp3) is 1.00. The maximum absolute atomic E-state index is 6.00. The number of hydrogen-bond acceptors (Lipinski definition) is 2. The van der Waals surface area contributed by atoms with Gasteiger partial charge < -0.3 is 10.6 Å². The van der Waals surface area contributed by atoms with Gasteiger partial charge in [0.15, 0.2) is 0 Å². The monoisotopic (exact) mass is 182 g/mol. The molecule has 0 radical (unpaired) electrons. The topological polar surface area (TPSA) is 29.3 Å². The Morgan fingerprint density at radius 1 is 1.23 bits per heavy atom. The summed E-state index contributed by atoms with van der Waals surface area (Å²) >= 11 is 0. The Kier molecular flexibility index (Phi) is 2.89. The van der Waals surface area contributed by atoms with Gasteiger partial charge >= 0.3 is 0 Å². The van der Waals surface area contributed by atoms with Gasteiger partial charge in [-0.2, -0.15) is 0 Å². The van der Waals surface area contributed by atoms with E-state index in [1.54, 1.807) is 0 Å². The summed E-state index contributed by atoms with van der Waals surface area (Å²) in [6.45, 7) is 5.96. The minimum Gasteiger partial charge on any atom is -0.326 e. The lowest BCUT2D eigenvalue weighted by Crippen LogP contribution is -2.30. The molecule has 0 aromatic heterocycles. The largest absolute Gasteiger partial charge is 0.326 e. The van der Waals surface area contributed by atoms with Crippen LogP contribution in [0.15, 0.2) is 0 Å². The number of rotatable bonds is 2. The molecule has 0 bridgehead atoms. The lowest BCUT2D eigenvalue weighted by atomic mass is 10.1. The second kappa shape index (κ2) is 3.97. The summed E-state index contributed by atoms with van der Waals surface area (Å²) in [6.07, 6.45) is 5.83. The predicted octanol–water partition coefficient (Wildman–Crippen LogP) is 1.46. The van der Waals surface area contributed by atoms with Crippen LogP contribution in [0.3, 0.4) is 0 Å². The first-order valence-electron chi connectivity index (χ1n) is 5.73. The quantitative estimate of drug-likeness (QED) is 0.700. The van der Waals surface area contributed by atoms with Crippen molar-refractivity contribution in [2.24, 2.45) is 17.6 Å². The standard InChI is InChI=1S/C11H22N2/c1-9-6-13(8-11(9)12)7-10-4-2-3-5-10/h9-11H,2-8,12H2,1H3. The molecule has 2 atom stereocenters. The van der Waals surface area contributed by atoms with E-state index in [1.165, 1.54) is 38.8 Å². The maximum atomic E-state index is 6.00. The molecule has 1 saturated heterocycles. The van der Waals surface area contributed by atoms with Gasteiger partial charge in [0.05, 0.1) is 0 Å². The zero-order valence-electron chi connectivity index (χ0n) is 8.71. The SMILES string of the molecule is CC1CN(CC2CCCC2)CC1N. The first kappa shape index (κ1) is 9.47. The third kappa shape index (κ3) is 2.23. The Labute approximate surface area is 81.5 Å². The van der Waals surface area contributed by atoms with Crippen LogP contribution in [0.5, 0.6) is 0 Å². The summed E-state index contributed by atoms with van der Waals surface area (Å²) in [7, 11) is 0. The number of hydrogen-bond donors (Lipinski definition) is 1. The van der Waals surface area contributed by atoms with E-state index in [0.29, 0.717) is 12.0 Å². The van der Waals surface area contributed by atoms with Gasteiger partial charge in [-0.15, -0.1) is 0 Å². The summed E-state index contributed by atoms with van der Waals surface area (Å²) in [5, 5.41) is 0. The molecule has 2 aliphatic rings. The Morgan fingerprint density at radius 2 is 1.92 bits per heavy atom. The summed E-state index contributed by atoms with van der Waals surface area (Å²) in [4.78, 5) is 2.57. The van der Waals surface area contributed by atoms with Crippen molar-refractivity contribution in [1.82, 2.24) is 4.90 Å². The van der Waals surface area contributed by atoms with Crippen LogP contribution >= 0.6 is 0 Å². The summed E-state index contributed by atoms with van der Waals surface area (Å²) < 4.78 is 0. The van der Waals surface area contributed by atoms with Gasteiger partial charge in [0, 0.05) is 25.7 Å². The van der Waals surface area contributed by atoms with Crippen LogP contribution in [0.2, 0.25) is 0 Å². The summed E-state index contributed by atoms with van der Waals surface area (Å²) in [5.74, 6) is 1.69. The minimum absolute atomic E-state index is 0.432. The van der Waals surface area contributed by atoms with Crippen molar-refractivity contribution < 1.29 is 0 Å². The number of nitrogens with zero attached hydrogens (tertiary/aromatic N) is 1. The number of nitrogens with two attached hydrogens (primary N) is 1. The van der Waals surface area contributed by atoms with E-state index in [0.717, 1.165) is 12.5 Å². The van der Waals surface area contributed by atoms with Crippen molar-refractivity contribution in [3.63, 3.8) is 0 Å². The smallest absolute Gasteiger partial charge is 0.0206 e. The van der Waals surface area contributed by atoms with E-state index >= 15 is 0 Å². The van der Waals surface area contributed by atoms with E-state index < -0.39 is 0 Å². The molecule has 1 saturated carbocycles. The van der Waals surface area contributed by atoms with Gasteiger partial charge in [0.1, 0.15) is 0 Å². The highest BCUT2D eigenvalue weighted by Crippen LogP contribution is 2.27. The molecular weight excluding hydrogens is 160 g/mol. The van der Waals surface area contributed by atoms with E-state index in [-0.39, 0.29) is 0 Å². The normalized spacial score (nSPS) is 37.4. The van der Waals surface area contributed by atoms with Gasteiger partial charge in [-0.1, -0.05) is 19.8 Å². The van der Waals surface area contributed by atoms with Crippen LogP contribution in [0, 0.1) is 11.8 Å². The highest BCUT2D eigenvalue weighted by Gasteiger charge is 2.28. The molecule has 0 aromatic rings. The minimum atomic E-state index is 0.432. The molecule has 2 N–H and O–H groups in total. The molecule has 2 nitrogen and oxygen atoms in total. The fourth-order valence-electron chi connectivity index (χ4n) is 2.80. The molecule has 0 amide bonds. The molecular formula is C11H22N2. The molecule has 1 heterocycles. The first-order chi connectivity index (χ1) is 6.25. The van der Waals surface area contributed by atoms with Crippen molar-refractivity contribution in [2.45, 2.75) is 38.6 Å². The highest BCUT2D eigenvalue weighted by atomic mass is 15.2. The van der Waals surface area contributed by atoms with E-state index in [9.17, 15) is 0 Å². The second-order valence-corrected chi connectivity index (χ2v) is 5.01. The van der Waals surface area contributed by atoms with Crippen LogP contribution in [0.4, 0.5) is 0 Å². The zero-order valence-corrected chi connectivity index (χ0v) is 8.71. The van der Waals surface area contributed by atoms with E-state index in [1.807, 2.05) is 0 Å². The van der Waals surface area contributed by atoms with Crippen molar-refractivity contribution >= 4 is 0 Å². The molecule has 0 aromatic carbocycles. The van der Waals surface area contributed by atoms with Crippen LogP contribution in [0.25, 0.3) is 0 Å². The van der Waals surface area contributed by atoms with Crippen LogP contribution in [-0.2, 0) is 0 Å². The van der Waals surface area contributed by atoms with Crippen molar-refractivity contribution in [2.75, 3.05) is 19.6 Å². The van der Waals surface area contributed by atoms with Crippen molar-refractivity contribution in [3.05, 3.63) is 0 Å². The lowest BCUT2D eigenvalue weighted by molar-refractivity contribution is 0.271. The predicted molar refractivity (Wildman–Crippen MR) is 55.5 cm³/mol. The zero-order chi connectivity index (χ0) is 9.26. The van der Waals surface area contributed by atoms with Crippen molar-refractivity contribution in [1.29, 1.82) is 0 Å². The van der Waals surface area contributed by atoms with Crippen LogP contribution < -0.4 is 5.73 Å². The second-order valence-electron chi connectivity index (χ2n) is 5.01. The average molecular weight is 182 g/mol. The van der Waals surface area contributed by atoms with E-state index in [4.69, 9.17) is 5.73 Å². The summed E-state index contributed by atoms with van der Waals surface area (Å²) in [6, 6.07) is 0.432. The molecule has 13 heavy (non-hydrogen) atoms. The Hall–Kier alpha value is -0.0800. The maximum Gasteiger partial charge on any atom is 0.0206 e. The average Bonchev–Trinajstić information content (AvgIpc) is 2.64. The van der Waals surface area contributed by atoms with Gasteiger partial charge in [-0.3, -0.25) is 0 Å². The number of likely N-dealkylation sites (tertiary alicyclic amines) is 1. The Bertz CT molecular complexity index is 153. The molecule has 0 spiro atoms. The van der Waals surface area contributed by atoms with Crippen LogP contribution in [-0.4, -0.2) is 30.6 Å². The molecule has 1 aliphatic heterocycles. The molecule has 2 unspecified atom stereocenters. The van der Waals surface area contributed by atoms with E-state index in [2.05, 4.69) is 11.8 Å². The Balaban J connectivity index is 1.76. The Morgan fingerprint density at radius 3 is 2.46 bits per heavy atom. The summed E-state index contributed by atoms with van der Waals surface area (Å²) in [5.41, 5.74) is 6.00. The van der Waals surface area contributed by atoms with Crippen molar-refractivity contribution in [3.8, 4) is 0 Å². The molecule has 2 fully saturated rings. The first-order valence-corrected chi connectivity index (χ1v) is 5.73.